The Bertz CT molecular complexity index is 556. The highest BCUT2D eigenvalue weighted by Crippen LogP contribution is 2.26. The summed E-state index contributed by atoms with van der Waals surface area (Å²) in [7, 11) is 1.94. The SMILES string of the molecule is CNC(C)c1cnc(Nc2cnc(C(C)(C)C)nc2)s1. The Kier molecular flexibility index (Phi) is 4.35. The van der Waals surface area contributed by atoms with Crippen LogP contribution < -0.4 is 10.6 Å². The van der Waals surface area contributed by atoms with Gasteiger partial charge in [-0.15, -0.1) is 11.3 Å². The molecule has 0 aliphatic carbocycles. The maximum atomic E-state index is 4.40. The third-order valence-corrected chi connectivity index (χ3v) is 4.05. The third kappa shape index (κ3) is 3.52. The molecule has 2 N–H and O–H groups in total. The van der Waals surface area contributed by atoms with Crippen molar-refractivity contribution in [1.82, 2.24) is 20.3 Å². The Hall–Kier alpha value is -1.53. The molecule has 108 valence electrons. The van der Waals surface area contributed by atoms with Crippen molar-refractivity contribution in [2.75, 3.05) is 12.4 Å². The van der Waals surface area contributed by atoms with Gasteiger partial charge in [-0.05, 0) is 14.0 Å². The number of rotatable bonds is 4. The Balaban J connectivity index is 2.08. The number of nitrogens with zero attached hydrogens (tertiary/aromatic N) is 3. The van der Waals surface area contributed by atoms with Gasteiger partial charge in [0, 0.05) is 22.5 Å². The number of nitrogens with one attached hydrogen (secondary N) is 2. The van der Waals surface area contributed by atoms with Gasteiger partial charge in [-0.25, -0.2) is 15.0 Å². The Morgan fingerprint density at radius 3 is 2.30 bits per heavy atom. The smallest absolute Gasteiger partial charge is 0.187 e. The molecule has 2 rings (SSSR count). The number of hydrogen-bond donors (Lipinski definition) is 2. The molecule has 0 spiro atoms. The Morgan fingerprint density at radius 1 is 1.10 bits per heavy atom. The zero-order valence-corrected chi connectivity index (χ0v) is 13.4. The molecular formula is C14H21N5S. The molecule has 0 aliphatic heterocycles. The van der Waals surface area contributed by atoms with Crippen LogP contribution in [0.1, 0.15) is 44.4 Å². The van der Waals surface area contributed by atoms with E-state index >= 15 is 0 Å². The second-order valence-corrected chi connectivity index (χ2v) is 6.81. The van der Waals surface area contributed by atoms with Crippen LogP contribution in [-0.2, 0) is 5.41 Å². The van der Waals surface area contributed by atoms with Crippen LogP contribution in [0, 0.1) is 0 Å². The van der Waals surface area contributed by atoms with Crippen molar-refractivity contribution in [2.24, 2.45) is 0 Å². The second kappa shape index (κ2) is 5.85. The van der Waals surface area contributed by atoms with E-state index in [1.807, 2.05) is 13.2 Å². The van der Waals surface area contributed by atoms with E-state index in [2.05, 4.69) is 53.3 Å². The summed E-state index contributed by atoms with van der Waals surface area (Å²) < 4.78 is 0. The van der Waals surface area contributed by atoms with Gasteiger partial charge in [0.05, 0.1) is 18.1 Å². The molecule has 20 heavy (non-hydrogen) atoms. The molecule has 0 saturated carbocycles. The largest absolute Gasteiger partial charge is 0.329 e. The lowest BCUT2D eigenvalue weighted by Crippen LogP contribution is -2.15. The van der Waals surface area contributed by atoms with Gasteiger partial charge in [0.25, 0.3) is 0 Å². The summed E-state index contributed by atoms with van der Waals surface area (Å²) in [6, 6.07) is 0.308. The van der Waals surface area contributed by atoms with Crippen LogP contribution in [0.15, 0.2) is 18.6 Å². The first-order chi connectivity index (χ1) is 9.40. The van der Waals surface area contributed by atoms with Crippen molar-refractivity contribution in [1.29, 1.82) is 0 Å². The van der Waals surface area contributed by atoms with Crippen LogP contribution in [-0.4, -0.2) is 22.0 Å². The highest BCUT2D eigenvalue weighted by atomic mass is 32.1. The van der Waals surface area contributed by atoms with Crippen LogP contribution in [0.25, 0.3) is 0 Å². The summed E-state index contributed by atoms with van der Waals surface area (Å²) in [6.45, 7) is 8.41. The van der Waals surface area contributed by atoms with E-state index in [0.29, 0.717) is 6.04 Å². The molecule has 0 radical (unpaired) electrons. The Labute approximate surface area is 123 Å². The molecule has 5 nitrogen and oxygen atoms in total. The van der Waals surface area contributed by atoms with Gasteiger partial charge in [0.15, 0.2) is 5.13 Å². The van der Waals surface area contributed by atoms with E-state index in [1.165, 1.54) is 4.88 Å². The molecule has 0 amide bonds. The molecule has 2 aromatic heterocycles. The highest BCUT2D eigenvalue weighted by molar-refractivity contribution is 7.15. The second-order valence-electron chi connectivity index (χ2n) is 5.75. The van der Waals surface area contributed by atoms with Crippen LogP contribution in [0.4, 0.5) is 10.8 Å². The zero-order valence-electron chi connectivity index (χ0n) is 12.6. The first kappa shape index (κ1) is 14.9. The minimum absolute atomic E-state index is 0.0326. The summed E-state index contributed by atoms with van der Waals surface area (Å²) in [5.41, 5.74) is 0.825. The average Bonchev–Trinajstić information content (AvgIpc) is 2.86. The fourth-order valence-electron chi connectivity index (χ4n) is 1.59. The van der Waals surface area contributed by atoms with Crippen LogP contribution in [0.5, 0.6) is 0 Å². The lowest BCUT2D eigenvalue weighted by Gasteiger charge is -2.16. The van der Waals surface area contributed by atoms with Crippen molar-refractivity contribution < 1.29 is 0 Å². The van der Waals surface area contributed by atoms with Gasteiger partial charge in [-0.1, -0.05) is 20.8 Å². The van der Waals surface area contributed by atoms with Crippen LogP contribution in [0.3, 0.4) is 0 Å². The van der Waals surface area contributed by atoms with E-state index in [0.717, 1.165) is 16.6 Å². The molecule has 0 aliphatic rings. The quantitative estimate of drug-likeness (QED) is 0.905. The van der Waals surface area contributed by atoms with Gasteiger partial charge >= 0.3 is 0 Å². The van der Waals surface area contributed by atoms with Crippen molar-refractivity contribution in [3.8, 4) is 0 Å². The summed E-state index contributed by atoms with van der Waals surface area (Å²) >= 11 is 1.63. The molecular weight excluding hydrogens is 270 g/mol. The van der Waals surface area contributed by atoms with E-state index in [9.17, 15) is 0 Å². The van der Waals surface area contributed by atoms with E-state index in [-0.39, 0.29) is 5.41 Å². The predicted molar refractivity (Wildman–Crippen MR) is 83.6 cm³/mol. The standard InChI is InChI=1S/C14H21N5S/c1-9(15-5)11-8-18-13(20-11)19-10-6-16-12(17-7-10)14(2,3)4/h6-9,15H,1-5H3,(H,18,19). The first-order valence-corrected chi connectivity index (χ1v) is 7.44. The van der Waals surface area contributed by atoms with Gasteiger partial charge < -0.3 is 10.6 Å². The predicted octanol–water partition coefficient (Wildman–Crippen LogP) is 3.25. The lowest BCUT2D eigenvalue weighted by atomic mass is 9.96. The molecule has 0 saturated heterocycles. The minimum atomic E-state index is -0.0326. The van der Waals surface area contributed by atoms with Gasteiger partial charge in [-0.2, -0.15) is 0 Å². The molecule has 0 fully saturated rings. The molecule has 1 atom stereocenters. The third-order valence-electron chi connectivity index (χ3n) is 2.96. The normalized spacial score (nSPS) is 13.2. The van der Waals surface area contributed by atoms with E-state index in [1.54, 1.807) is 23.7 Å². The highest BCUT2D eigenvalue weighted by Gasteiger charge is 2.16. The first-order valence-electron chi connectivity index (χ1n) is 6.62. The maximum absolute atomic E-state index is 4.40. The number of aromatic nitrogens is 3. The number of anilines is 2. The summed E-state index contributed by atoms with van der Waals surface area (Å²) in [4.78, 5) is 14.4. The molecule has 2 heterocycles. The van der Waals surface area contributed by atoms with Crippen molar-refractivity contribution in [3.63, 3.8) is 0 Å². The topological polar surface area (TPSA) is 62.7 Å². The summed E-state index contributed by atoms with van der Waals surface area (Å²) in [5, 5.41) is 7.29. The lowest BCUT2D eigenvalue weighted by molar-refractivity contribution is 0.545. The fourth-order valence-corrected chi connectivity index (χ4v) is 2.49. The summed E-state index contributed by atoms with van der Waals surface area (Å²) in [5.74, 6) is 0.840. The Morgan fingerprint density at radius 2 is 1.75 bits per heavy atom. The van der Waals surface area contributed by atoms with Gasteiger partial charge in [0.1, 0.15) is 5.82 Å². The summed E-state index contributed by atoms with van der Waals surface area (Å²) in [6.07, 6.45) is 5.49. The molecule has 2 aromatic rings. The molecule has 0 bridgehead atoms. The van der Waals surface area contributed by atoms with E-state index < -0.39 is 0 Å². The van der Waals surface area contributed by atoms with Gasteiger partial charge in [0.2, 0.25) is 0 Å². The van der Waals surface area contributed by atoms with Crippen molar-refractivity contribution in [2.45, 2.75) is 39.2 Å². The molecule has 0 aromatic carbocycles. The number of hydrogen-bond acceptors (Lipinski definition) is 6. The monoisotopic (exact) mass is 291 g/mol. The maximum Gasteiger partial charge on any atom is 0.187 e. The fraction of sp³-hybridized carbons (Fsp3) is 0.500. The molecule has 1 unspecified atom stereocenters. The average molecular weight is 291 g/mol. The van der Waals surface area contributed by atoms with Crippen molar-refractivity contribution in [3.05, 3.63) is 29.3 Å². The molecule has 6 heteroatoms. The minimum Gasteiger partial charge on any atom is -0.329 e. The zero-order chi connectivity index (χ0) is 14.8. The van der Waals surface area contributed by atoms with Gasteiger partial charge in [-0.3, -0.25) is 0 Å². The van der Waals surface area contributed by atoms with Crippen molar-refractivity contribution >= 4 is 22.2 Å². The van der Waals surface area contributed by atoms with Crippen LogP contribution >= 0.6 is 11.3 Å². The van der Waals surface area contributed by atoms with E-state index in [4.69, 9.17) is 0 Å². The number of thiazole rings is 1. The van der Waals surface area contributed by atoms with Crippen LogP contribution in [0.2, 0.25) is 0 Å².